The number of hydrogen-bond acceptors (Lipinski definition) is 4. The van der Waals surface area contributed by atoms with Gasteiger partial charge in [0.25, 0.3) is 0 Å². The second kappa shape index (κ2) is 6.21. The van der Waals surface area contributed by atoms with Gasteiger partial charge in [-0.05, 0) is 18.2 Å². The first-order chi connectivity index (χ1) is 12.6. The summed E-state index contributed by atoms with van der Waals surface area (Å²) < 4.78 is 20.0. The number of ether oxygens (including phenoxy) is 1. The molecule has 0 bridgehead atoms. The van der Waals surface area contributed by atoms with E-state index in [9.17, 15) is 9.65 Å². The van der Waals surface area contributed by atoms with Crippen molar-refractivity contribution < 1.29 is 9.13 Å². The number of hydrogen-bond donors (Lipinski definition) is 2. The fourth-order valence-corrected chi connectivity index (χ4v) is 3.23. The maximum Gasteiger partial charge on any atom is 0.244 e. The van der Waals surface area contributed by atoms with Gasteiger partial charge < -0.3 is 10.5 Å². The van der Waals surface area contributed by atoms with E-state index in [0.29, 0.717) is 21.8 Å². The average molecular weight is 367 g/mol. The monoisotopic (exact) mass is 366 g/mol. The summed E-state index contributed by atoms with van der Waals surface area (Å²) in [5.74, 6) is -1.02. The van der Waals surface area contributed by atoms with Crippen LogP contribution in [0.15, 0.2) is 60.0 Å². The highest BCUT2D eigenvalue weighted by molar-refractivity contribution is 6.30. The molecule has 7 heteroatoms. The number of nitrogens with zero attached hydrogens (tertiary/aromatic N) is 2. The highest BCUT2D eigenvalue weighted by atomic mass is 35.5. The molecule has 1 aromatic heterocycles. The topological polar surface area (TPSA) is 87.7 Å². The number of H-pyrrole nitrogens is 1. The summed E-state index contributed by atoms with van der Waals surface area (Å²) in [6.45, 7) is 0. The third-order valence-corrected chi connectivity index (χ3v) is 4.54. The lowest BCUT2D eigenvalue weighted by Gasteiger charge is -2.24. The molecule has 1 aliphatic rings. The molecule has 0 spiro atoms. The van der Waals surface area contributed by atoms with Crippen LogP contribution < -0.4 is 10.5 Å². The normalized spacial score (nSPS) is 16.0. The highest BCUT2D eigenvalue weighted by Crippen LogP contribution is 2.46. The number of aromatic amines is 1. The zero-order chi connectivity index (χ0) is 18.3. The fourth-order valence-electron chi connectivity index (χ4n) is 3.10. The van der Waals surface area contributed by atoms with Crippen molar-refractivity contribution >= 4 is 11.6 Å². The van der Waals surface area contributed by atoms with Crippen LogP contribution in [0.5, 0.6) is 5.88 Å². The summed E-state index contributed by atoms with van der Waals surface area (Å²) in [4.78, 5) is 0. The Balaban J connectivity index is 1.97. The summed E-state index contributed by atoms with van der Waals surface area (Å²) >= 11 is 5.96. The number of nitrogens with two attached hydrogens (primary N) is 1. The van der Waals surface area contributed by atoms with E-state index < -0.39 is 11.7 Å². The molecular formula is C19H12ClFN4O. The minimum atomic E-state index is -0.727. The summed E-state index contributed by atoms with van der Waals surface area (Å²) in [7, 11) is 0. The Kier molecular flexibility index (Phi) is 3.86. The van der Waals surface area contributed by atoms with E-state index in [4.69, 9.17) is 22.1 Å². The molecule has 0 saturated heterocycles. The van der Waals surface area contributed by atoms with Crippen LogP contribution >= 0.6 is 11.6 Å². The number of aromatic nitrogens is 2. The summed E-state index contributed by atoms with van der Waals surface area (Å²) in [6, 6.07) is 15.4. The van der Waals surface area contributed by atoms with E-state index in [0.717, 1.165) is 5.56 Å². The number of fused-ring (bicyclic) bond motifs is 1. The summed E-state index contributed by atoms with van der Waals surface area (Å²) in [5, 5.41) is 17.3. The molecule has 128 valence electrons. The molecule has 26 heavy (non-hydrogen) atoms. The molecule has 0 aliphatic carbocycles. The predicted octanol–water partition coefficient (Wildman–Crippen LogP) is 4.09. The van der Waals surface area contributed by atoms with Crippen LogP contribution in [-0.2, 0) is 0 Å². The molecular weight excluding hydrogens is 355 g/mol. The van der Waals surface area contributed by atoms with E-state index in [1.165, 1.54) is 6.07 Å². The van der Waals surface area contributed by atoms with Crippen molar-refractivity contribution in [3.63, 3.8) is 0 Å². The van der Waals surface area contributed by atoms with Gasteiger partial charge in [-0.15, -0.1) is 5.10 Å². The molecule has 3 aromatic rings. The van der Waals surface area contributed by atoms with Crippen molar-refractivity contribution in [3.8, 4) is 23.2 Å². The molecule has 0 fully saturated rings. The highest BCUT2D eigenvalue weighted by Gasteiger charge is 2.36. The van der Waals surface area contributed by atoms with E-state index in [2.05, 4.69) is 10.2 Å². The van der Waals surface area contributed by atoms with Gasteiger partial charge in [-0.1, -0.05) is 41.9 Å². The molecule has 1 aliphatic heterocycles. The van der Waals surface area contributed by atoms with Gasteiger partial charge in [0.2, 0.25) is 11.8 Å². The number of nitrogens with one attached hydrogen (secondary N) is 1. The quantitative estimate of drug-likeness (QED) is 0.715. The number of halogens is 2. The van der Waals surface area contributed by atoms with Crippen molar-refractivity contribution in [3.05, 3.63) is 82.0 Å². The minimum absolute atomic E-state index is 0.0811. The van der Waals surface area contributed by atoms with Crippen LogP contribution in [-0.4, -0.2) is 10.2 Å². The molecule has 0 unspecified atom stereocenters. The van der Waals surface area contributed by atoms with Gasteiger partial charge in [0.05, 0.1) is 17.2 Å². The van der Waals surface area contributed by atoms with Crippen LogP contribution in [0.2, 0.25) is 5.02 Å². The predicted molar refractivity (Wildman–Crippen MR) is 94.7 cm³/mol. The number of benzene rings is 2. The smallest absolute Gasteiger partial charge is 0.244 e. The second-order valence-electron chi connectivity index (χ2n) is 5.77. The number of allylic oxidation sites excluding steroid dienone is 1. The van der Waals surface area contributed by atoms with Gasteiger partial charge in [0.15, 0.2) is 0 Å². The Labute approximate surface area is 153 Å². The van der Waals surface area contributed by atoms with Crippen LogP contribution in [0.3, 0.4) is 0 Å². The third-order valence-electron chi connectivity index (χ3n) is 4.29. The molecule has 2 aromatic carbocycles. The van der Waals surface area contributed by atoms with Crippen LogP contribution in [0.25, 0.3) is 11.3 Å². The molecule has 5 nitrogen and oxygen atoms in total. The first-order valence-corrected chi connectivity index (χ1v) is 8.14. The van der Waals surface area contributed by atoms with Gasteiger partial charge >= 0.3 is 0 Å². The standard InChI is InChI=1S/C19H12ClFN4O/c20-11-7-5-10(6-8-11)17-16-15(12-3-1-2-4-14(12)21)13(9-22)18(23)26-19(16)25-24-17/h1-8,15H,23H2,(H,24,25)/t15-/m0/s1. The largest absolute Gasteiger partial charge is 0.420 e. The Morgan fingerprint density at radius 3 is 2.62 bits per heavy atom. The summed E-state index contributed by atoms with van der Waals surface area (Å²) in [6.07, 6.45) is 0. The maximum absolute atomic E-state index is 14.5. The Morgan fingerprint density at radius 2 is 1.92 bits per heavy atom. The third kappa shape index (κ3) is 2.50. The average Bonchev–Trinajstić information content (AvgIpc) is 3.05. The van der Waals surface area contributed by atoms with Crippen LogP contribution in [0.1, 0.15) is 17.0 Å². The molecule has 4 rings (SSSR count). The van der Waals surface area contributed by atoms with Gasteiger partial charge in [0, 0.05) is 16.1 Å². The van der Waals surface area contributed by atoms with Crippen molar-refractivity contribution in [2.24, 2.45) is 5.73 Å². The first-order valence-electron chi connectivity index (χ1n) is 7.76. The second-order valence-corrected chi connectivity index (χ2v) is 6.21. The zero-order valence-electron chi connectivity index (χ0n) is 13.3. The molecule has 2 heterocycles. The minimum Gasteiger partial charge on any atom is -0.420 e. The summed E-state index contributed by atoms with van der Waals surface area (Å²) in [5.41, 5.74) is 8.31. The number of nitriles is 1. The molecule has 0 saturated carbocycles. The molecule has 0 amide bonds. The van der Waals surface area contributed by atoms with E-state index >= 15 is 0 Å². The lowest BCUT2D eigenvalue weighted by atomic mass is 9.83. The van der Waals surface area contributed by atoms with Crippen molar-refractivity contribution in [1.29, 1.82) is 5.26 Å². The van der Waals surface area contributed by atoms with Crippen molar-refractivity contribution in [1.82, 2.24) is 10.2 Å². The van der Waals surface area contributed by atoms with Gasteiger partial charge in [-0.25, -0.2) is 4.39 Å². The van der Waals surface area contributed by atoms with Crippen LogP contribution in [0, 0.1) is 17.1 Å². The first kappa shape index (κ1) is 16.2. The molecule has 0 radical (unpaired) electrons. The van der Waals surface area contributed by atoms with Gasteiger partial charge in [-0.2, -0.15) is 5.26 Å². The van der Waals surface area contributed by atoms with Crippen molar-refractivity contribution in [2.45, 2.75) is 5.92 Å². The Bertz CT molecular complexity index is 1070. The van der Waals surface area contributed by atoms with E-state index in [-0.39, 0.29) is 17.3 Å². The maximum atomic E-state index is 14.5. The van der Waals surface area contributed by atoms with Crippen LogP contribution in [0.4, 0.5) is 4.39 Å². The Hall–Kier alpha value is -3.30. The van der Waals surface area contributed by atoms with E-state index in [1.807, 2.05) is 18.2 Å². The van der Waals surface area contributed by atoms with Crippen molar-refractivity contribution in [2.75, 3.05) is 0 Å². The zero-order valence-corrected chi connectivity index (χ0v) is 14.1. The van der Waals surface area contributed by atoms with Gasteiger partial charge in [-0.3, -0.25) is 5.10 Å². The lowest BCUT2D eigenvalue weighted by molar-refractivity contribution is 0.378. The molecule has 3 N–H and O–H groups in total. The SMILES string of the molecule is N#CC1=C(N)Oc2n[nH]c(-c3ccc(Cl)cc3)c2[C@H]1c1ccccc1F. The Morgan fingerprint density at radius 1 is 1.19 bits per heavy atom. The van der Waals surface area contributed by atoms with Gasteiger partial charge in [0.1, 0.15) is 17.5 Å². The lowest BCUT2D eigenvalue weighted by Crippen LogP contribution is -2.21. The van der Waals surface area contributed by atoms with E-state index in [1.54, 1.807) is 30.3 Å². The number of rotatable bonds is 2. The fraction of sp³-hybridized carbons (Fsp3) is 0.0526. The molecule has 1 atom stereocenters.